The second-order valence-electron chi connectivity index (χ2n) is 3.37. The van der Waals surface area contributed by atoms with Crippen LogP contribution in [0.5, 0.6) is 0 Å². The maximum atomic E-state index is 5.38. The standard InChI is InChI=1S/C10H15N3/c11-6-3-4-9-8-13-7-2-1-5-10(13)12-9/h3-4,8H,1-2,5-7,11H2/b4-3+. The van der Waals surface area contributed by atoms with Crippen molar-refractivity contribution in [2.24, 2.45) is 5.73 Å². The minimum absolute atomic E-state index is 0.586. The molecule has 0 aliphatic carbocycles. The van der Waals surface area contributed by atoms with Crippen molar-refractivity contribution in [2.45, 2.75) is 25.8 Å². The van der Waals surface area contributed by atoms with Gasteiger partial charge in [-0.05, 0) is 18.9 Å². The zero-order valence-electron chi connectivity index (χ0n) is 7.74. The molecule has 0 saturated carbocycles. The lowest BCUT2D eigenvalue weighted by atomic mass is 10.2. The number of aromatic nitrogens is 2. The molecule has 2 heterocycles. The number of hydrogen-bond acceptors (Lipinski definition) is 2. The molecule has 1 aliphatic heterocycles. The summed E-state index contributed by atoms with van der Waals surface area (Å²) in [7, 11) is 0. The maximum absolute atomic E-state index is 5.38. The summed E-state index contributed by atoms with van der Waals surface area (Å²) < 4.78 is 2.25. The van der Waals surface area contributed by atoms with Crippen LogP contribution < -0.4 is 5.73 Å². The Morgan fingerprint density at radius 3 is 3.23 bits per heavy atom. The Labute approximate surface area is 78.3 Å². The number of rotatable bonds is 2. The van der Waals surface area contributed by atoms with Crippen LogP contribution in [0.4, 0.5) is 0 Å². The summed E-state index contributed by atoms with van der Waals surface area (Å²) in [4.78, 5) is 4.51. The topological polar surface area (TPSA) is 43.8 Å². The van der Waals surface area contributed by atoms with Crippen molar-refractivity contribution in [1.29, 1.82) is 0 Å². The molecule has 2 rings (SSSR count). The molecule has 2 N–H and O–H groups in total. The van der Waals surface area contributed by atoms with Crippen molar-refractivity contribution in [2.75, 3.05) is 6.54 Å². The Bertz CT molecular complexity index is 288. The lowest BCUT2D eigenvalue weighted by Crippen LogP contribution is -2.08. The van der Waals surface area contributed by atoms with Crippen molar-refractivity contribution in [3.63, 3.8) is 0 Å². The molecule has 1 aromatic rings. The van der Waals surface area contributed by atoms with E-state index in [1.165, 1.54) is 18.7 Å². The molecular weight excluding hydrogens is 162 g/mol. The molecule has 0 amide bonds. The van der Waals surface area contributed by atoms with Gasteiger partial charge in [0.25, 0.3) is 0 Å². The second-order valence-corrected chi connectivity index (χ2v) is 3.37. The van der Waals surface area contributed by atoms with Crippen molar-refractivity contribution in [3.05, 3.63) is 23.8 Å². The number of aryl methyl sites for hydroxylation is 2. The van der Waals surface area contributed by atoms with E-state index in [0.29, 0.717) is 6.54 Å². The third-order valence-corrected chi connectivity index (χ3v) is 2.35. The third kappa shape index (κ3) is 1.80. The first-order chi connectivity index (χ1) is 6.40. The number of imidazole rings is 1. The maximum Gasteiger partial charge on any atom is 0.109 e. The lowest BCUT2D eigenvalue weighted by molar-refractivity contribution is 0.522. The van der Waals surface area contributed by atoms with Crippen LogP contribution in [0.15, 0.2) is 12.3 Å². The lowest BCUT2D eigenvalue weighted by Gasteiger charge is -2.11. The van der Waals surface area contributed by atoms with Gasteiger partial charge in [0.15, 0.2) is 0 Å². The highest BCUT2D eigenvalue weighted by Crippen LogP contribution is 2.14. The molecule has 0 radical (unpaired) electrons. The van der Waals surface area contributed by atoms with E-state index in [4.69, 9.17) is 5.73 Å². The van der Waals surface area contributed by atoms with E-state index in [1.807, 2.05) is 12.2 Å². The molecular formula is C10H15N3. The molecule has 0 spiro atoms. The van der Waals surface area contributed by atoms with Crippen molar-refractivity contribution >= 4 is 6.08 Å². The molecule has 1 aliphatic rings. The fraction of sp³-hybridized carbons (Fsp3) is 0.500. The van der Waals surface area contributed by atoms with Gasteiger partial charge in [0, 0.05) is 25.7 Å². The summed E-state index contributed by atoms with van der Waals surface area (Å²) in [5, 5.41) is 0. The average molecular weight is 177 g/mol. The summed E-state index contributed by atoms with van der Waals surface area (Å²) >= 11 is 0. The van der Waals surface area contributed by atoms with Gasteiger partial charge in [0.05, 0.1) is 5.69 Å². The molecule has 0 unspecified atom stereocenters. The van der Waals surface area contributed by atoms with E-state index in [1.54, 1.807) is 0 Å². The monoisotopic (exact) mass is 177 g/mol. The van der Waals surface area contributed by atoms with Crippen LogP contribution >= 0.6 is 0 Å². The molecule has 0 aromatic carbocycles. The van der Waals surface area contributed by atoms with Crippen LogP contribution in [0, 0.1) is 0 Å². The van der Waals surface area contributed by atoms with Crippen LogP contribution in [0.25, 0.3) is 6.08 Å². The SMILES string of the molecule is NC/C=C/c1cn2c(n1)CCCC2. The molecule has 0 atom stereocenters. The third-order valence-electron chi connectivity index (χ3n) is 2.35. The Hall–Kier alpha value is -1.09. The highest BCUT2D eigenvalue weighted by Gasteiger charge is 2.10. The Morgan fingerprint density at radius 2 is 2.46 bits per heavy atom. The highest BCUT2D eigenvalue weighted by atomic mass is 15.1. The average Bonchev–Trinajstić information content (AvgIpc) is 2.57. The van der Waals surface area contributed by atoms with Gasteiger partial charge in [-0.3, -0.25) is 0 Å². The molecule has 1 aromatic heterocycles. The first kappa shape index (κ1) is 8.51. The smallest absolute Gasteiger partial charge is 0.109 e. The number of fused-ring (bicyclic) bond motifs is 1. The molecule has 0 bridgehead atoms. The van der Waals surface area contributed by atoms with E-state index in [2.05, 4.69) is 15.7 Å². The number of nitrogens with two attached hydrogens (primary N) is 1. The molecule has 0 fully saturated rings. The molecule has 3 nitrogen and oxygen atoms in total. The van der Waals surface area contributed by atoms with Crippen molar-refractivity contribution in [3.8, 4) is 0 Å². The Balaban J connectivity index is 2.20. The van der Waals surface area contributed by atoms with Crippen LogP contribution in [0.1, 0.15) is 24.4 Å². The summed E-state index contributed by atoms with van der Waals surface area (Å²) in [6.45, 7) is 1.71. The van der Waals surface area contributed by atoms with Gasteiger partial charge < -0.3 is 10.3 Å². The van der Waals surface area contributed by atoms with Crippen molar-refractivity contribution in [1.82, 2.24) is 9.55 Å². The van der Waals surface area contributed by atoms with Gasteiger partial charge in [0.1, 0.15) is 5.82 Å². The molecule has 70 valence electrons. The van der Waals surface area contributed by atoms with Gasteiger partial charge in [-0.15, -0.1) is 0 Å². The van der Waals surface area contributed by atoms with Crippen LogP contribution in [-0.4, -0.2) is 16.1 Å². The van der Waals surface area contributed by atoms with Crippen LogP contribution in [0.2, 0.25) is 0 Å². The first-order valence-corrected chi connectivity index (χ1v) is 4.83. The molecule has 0 saturated heterocycles. The van der Waals surface area contributed by atoms with Crippen LogP contribution in [-0.2, 0) is 13.0 Å². The zero-order chi connectivity index (χ0) is 9.10. The van der Waals surface area contributed by atoms with E-state index < -0.39 is 0 Å². The fourth-order valence-corrected chi connectivity index (χ4v) is 1.70. The summed E-state index contributed by atoms with van der Waals surface area (Å²) in [6.07, 6.45) is 9.72. The fourth-order valence-electron chi connectivity index (χ4n) is 1.70. The minimum atomic E-state index is 0.586. The van der Waals surface area contributed by atoms with Crippen LogP contribution in [0.3, 0.4) is 0 Å². The van der Waals surface area contributed by atoms with E-state index in [-0.39, 0.29) is 0 Å². The van der Waals surface area contributed by atoms with Gasteiger partial charge in [-0.25, -0.2) is 4.98 Å². The number of nitrogens with zero attached hydrogens (tertiary/aromatic N) is 2. The summed E-state index contributed by atoms with van der Waals surface area (Å²) in [5.74, 6) is 1.22. The molecule has 13 heavy (non-hydrogen) atoms. The largest absolute Gasteiger partial charge is 0.334 e. The van der Waals surface area contributed by atoms with Gasteiger partial charge in [-0.2, -0.15) is 0 Å². The molecule has 3 heteroatoms. The zero-order valence-corrected chi connectivity index (χ0v) is 7.74. The minimum Gasteiger partial charge on any atom is -0.334 e. The van der Waals surface area contributed by atoms with E-state index >= 15 is 0 Å². The van der Waals surface area contributed by atoms with E-state index in [9.17, 15) is 0 Å². The van der Waals surface area contributed by atoms with E-state index in [0.717, 1.165) is 18.7 Å². The summed E-state index contributed by atoms with van der Waals surface area (Å²) in [6, 6.07) is 0. The van der Waals surface area contributed by atoms with Gasteiger partial charge in [-0.1, -0.05) is 6.08 Å². The normalized spacial score (nSPS) is 16.4. The Kier molecular flexibility index (Phi) is 2.45. The first-order valence-electron chi connectivity index (χ1n) is 4.83. The predicted molar refractivity (Wildman–Crippen MR) is 53.3 cm³/mol. The second kappa shape index (κ2) is 3.75. The predicted octanol–water partition coefficient (Wildman–Crippen LogP) is 1.19. The van der Waals surface area contributed by atoms with Crippen molar-refractivity contribution < 1.29 is 0 Å². The Morgan fingerprint density at radius 1 is 1.54 bits per heavy atom. The number of hydrogen-bond donors (Lipinski definition) is 1. The highest BCUT2D eigenvalue weighted by molar-refractivity contribution is 5.44. The van der Waals surface area contributed by atoms with Gasteiger partial charge >= 0.3 is 0 Å². The quantitative estimate of drug-likeness (QED) is 0.737. The summed E-state index contributed by atoms with van der Waals surface area (Å²) in [5.41, 5.74) is 6.42. The van der Waals surface area contributed by atoms with Gasteiger partial charge in [0.2, 0.25) is 0 Å².